The molecule has 4 heteroatoms. The summed E-state index contributed by atoms with van der Waals surface area (Å²) in [4.78, 5) is 13.4. The van der Waals surface area contributed by atoms with Gasteiger partial charge in [0.05, 0.1) is 6.54 Å². The monoisotopic (exact) mass is 199 g/mol. The lowest BCUT2D eigenvalue weighted by molar-refractivity contribution is -0.128. The highest BCUT2D eigenvalue weighted by Gasteiger charge is 2.35. The van der Waals surface area contributed by atoms with Crippen molar-refractivity contribution in [2.24, 2.45) is 5.73 Å². The molecular formula is C10H21N3O. The van der Waals surface area contributed by atoms with Crippen LogP contribution in [-0.4, -0.2) is 41.5 Å². The predicted octanol–water partition coefficient (Wildman–Crippen LogP) is -0.0659. The van der Waals surface area contributed by atoms with Gasteiger partial charge in [-0.1, -0.05) is 0 Å². The maximum absolute atomic E-state index is 11.3. The largest absolute Gasteiger partial charge is 0.353 e. The maximum Gasteiger partial charge on any atom is 0.234 e. The molecule has 1 heterocycles. The molecule has 0 unspecified atom stereocenters. The molecule has 0 saturated carbocycles. The number of nitrogens with one attached hydrogen (secondary N) is 1. The highest BCUT2D eigenvalue weighted by molar-refractivity contribution is 5.79. The minimum absolute atomic E-state index is 0.00451. The second kappa shape index (κ2) is 3.51. The Morgan fingerprint density at radius 3 is 2.64 bits per heavy atom. The molecule has 0 aromatic rings. The van der Waals surface area contributed by atoms with Crippen LogP contribution >= 0.6 is 0 Å². The van der Waals surface area contributed by atoms with Gasteiger partial charge in [0.1, 0.15) is 0 Å². The molecule has 0 aliphatic carbocycles. The number of hydrogen-bond donors (Lipinski definition) is 2. The Labute approximate surface area is 85.8 Å². The summed E-state index contributed by atoms with van der Waals surface area (Å²) in [6, 6.07) is 0. The van der Waals surface area contributed by atoms with Crippen molar-refractivity contribution in [3.05, 3.63) is 0 Å². The molecule has 1 fully saturated rings. The number of carbonyl (C=O) groups excluding carboxylic acids is 1. The second-order valence-electron chi connectivity index (χ2n) is 5.43. The molecule has 14 heavy (non-hydrogen) atoms. The lowest BCUT2D eigenvalue weighted by atomic mass is 9.96. The smallest absolute Gasteiger partial charge is 0.234 e. The van der Waals surface area contributed by atoms with E-state index in [4.69, 9.17) is 5.73 Å². The summed E-state index contributed by atoms with van der Waals surface area (Å²) in [6.07, 6.45) is 0. The summed E-state index contributed by atoms with van der Waals surface area (Å²) in [7, 11) is 0. The Hall–Kier alpha value is -0.610. The topological polar surface area (TPSA) is 58.4 Å². The predicted molar refractivity (Wildman–Crippen MR) is 56.9 cm³/mol. The first-order valence-corrected chi connectivity index (χ1v) is 5.01. The van der Waals surface area contributed by atoms with E-state index in [1.54, 1.807) is 0 Å². The van der Waals surface area contributed by atoms with Crippen LogP contribution in [0.4, 0.5) is 0 Å². The van der Waals surface area contributed by atoms with Crippen molar-refractivity contribution in [3.63, 3.8) is 0 Å². The third kappa shape index (κ3) is 2.96. The molecule has 1 aliphatic heterocycles. The summed E-state index contributed by atoms with van der Waals surface area (Å²) < 4.78 is 0. The third-order valence-corrected chi connectivity index (χ3v) is 2.51. The molecule has 0 radical (unpaired) electrons. The van der Waals surface area contributed by atoms with Gasteiger partial charge in [-0.05, 0) is 27.7 Å². The number of nitrogens with two attached hydrogens (primary N) is 1. The van der Waals surface area contributed by atoms with E-state index >= 15 is 0 Å². The zero-order valence-electron chi connectivity index (χ0n) is 9.55. The number of rotatable bonds is 2. The van der Waals surface area contributed by atoms with Crippen LogP contribution < -0.4 is 11.1 Å². The number of hydrogen-bond acceptors (Lipinski definition) is 3. The van der Waals surface area contributed by atoms with Gasteiger partial charge in [0.2, 0.25) is 5.91 Å². The van der Waals surface area contributed by atoms with Gasteiger partial charge in [-0.25, -0.2) is 0 Å². The van der Waals surface area contributed by atoms with Crippen molar-refractivity contribution in [2.75, 3.05) is 19.6 Å². The van der Waals surface area contributed by atoms with Gasteiger partial charge in [0.25, 0.3) is 0 Å². The summed E-state index contributed by atoms with van der Waals surface area (Å²) in [5.74, 6) is 0.0913. The molecule has 3 N–H and O–H groups in total. The van der Waals surface area contributed by atoms with E-state index < -0.39 is 0 Å². The second-order valence-corrected chi connectivity index (χ2v) is 5.43. The van der Waals surface area contributed by atoms with Crippen molar-refractivity contribution < 1.29 is 4.79 Å². The average Bonchev–Trinajstić information content (AvgIpc) is 1.95. The van der Waals surface area contributed by atoms with Gasteiger partial charge in [0, 0.05) is 24.2 Å². The molecule has 0 aromatic heterocycles. The Balaban J connectivity index is 2.68. The van der Waals surface area contributed by atoms with Crippen molar-refractivity contribution >= 4 is 5.91 Å². The molecule has 0 bridgehead atoms. The first-order chi connectivity index (χ1) is 6.21. The summed E-state index contributed by atoms with van der Waals surface area (Å²) in [6.45, 7) is 10.1. The maximum atomic E-state index is 11.3. The SMILES string of the molecule is CC(C)(N)CN1CC(=O)NCC1(C)C. The van der Waals surface area contributed by atoms with Gasteiger partial charge in [-0.2, -0.15) is 0 Å². The van der Waals surface area contributed by atoms with Gasteiger partial charge in [-0.15, -0.1) is 0 Å². The minimum atomic E-state index is -0.255. The fourth-order valence-corrected chi connectivity index (χ4v) is 1.63. The highest BCUT2D eigenvalue weighted by Crippen LogP contribution is 2.18. The van der Waals surface area contributed by atoms with Crippen LogP contribution in [0.3, 0.4) is 0 Å². The molecule has 1 saturated heterocycles. The van der Waals surface area contributed by atoms with Crippen LogP contribution in [0.25, 0.3) is 0 Å². The zero-order chi connectivity index (χ0) is 11.0. The molecular weight excluding hydrogens is 178 g/mol. The molecule has 0 spiro atoms. The van der Waals surface area contributed by atoms with E-state index in [1.165, 1.54) is 0 Å². The van der Waals surface area contributed by atoms with Gasteiger partial charge in [-0.3, -0.25) is 9.69 Å². The van der Waals surface area contributed by atoms with Crippen molar-refractivity contribution in [1.29, 1.82) is 0 Å². The molecule has 1 rings (SSSR count). The fourth-order valence-electron chi connectivity index (χ4n) is 1.63. The normalized spacial score (nSPS) is 23.4. The lowest BCUT2D eigenvalue weighted by Gasteiger charge is -2.44. The lowest BCUT2D eigenvalue weighted by Crippen LogP contribution is -2.63. The van der Waals surface area contributed by atoms with Crippen LogP contribution in [0, 0.1) is 0 Å². The van der Waals surface area contributed by atoms with Crippen LogP contribution in [-0.2, 0) is 4.79 Å². The van der Waals surface area contributed by atoms with E-state index in [1.807, 2.05) is 13.8 Å². The summed E-state index contributed by atoms with van der Waals surface area (Å²) >= 11 is 0. The number of amides is 1. The Kier molecular flexibility index (Phi) is 2.88. The summed E-state index contributed by atoms with van der Waals surface area (Å²) in [5, 5.41) is 2.87. The Bertz CT molecular complexity index is 230. The summed E-state index contributed by atoms with van der Waals surface area (Å²) in [5.41, 5.74) is 5.71. The molecule has 0 aromatic carbocycles. The van der Waals surface area contributed by atoms with E-state index in [2.05, 4.69) is 24.1 Å². The molecule has 82 valence electrons. The molecule has 1 aliphatic rings. The van der Waals surface area contributed by atoms with Crippen molar-refractivity contribution in [1.82, 2.24) is 10.2 Å². The average molecular weight is 199 g/mol. The van der Waals surface area contributed by atoms with Crippen molar-refractivity contribution in [3.8, 4) is 0 Å². The van der Waals surface area contributed by atoms with E-state index in [-0.39, 0.29) is 17.0 Å². The minimum Gasteiger partial charge on any atom is -0.353 e. The first kappa shape index (κ1) is 11.5. The Morgan fingerprint density at radius 1 is 1.57 bits per heavy atom. The van der Waals surface area contributed by atoms with Gasteiger partial charge < -0.3 is 11.1 Å². The standard InChI is InChI=1S/C10H21N3O/c1-9(2,11)7-13-5-8(14)12-6-10(13,3)4/h5-7,11H2,1-4H3,(H,12,14). The Morgan fingerprint density at radius 2 is 2.14 bits per heavy atom. The van der Waals surface area contributed by atoms with E-state index in [0.717, 1.165) is 6.54 Å². The number of nitrogens with zero attached hydrogens (tertiary/aromatic N) is 1. The molecule has 4 nitrogen and oxygen atoms in total. The van der Waals surface area contributed by atoms with Crippen LogP contribution in [0.2, 0.25) is 0 Å². The van der Waals surface area contributed by atoms with Crippen LogP contribution in [0.15, 0.2) is 0 Å². The van der Waals surface area contributed by atoms with Crippen LogP contribution in [0.5, 0.6) is 0 Å². The van der Waals surface area contributed by atoms with Crippen LogP contribution in [0.1, 0.15) is 27.7 Å². The zero-order valence-corrected chi connectivity index (χ0v) is 9.55. The first-order valence-electron chi connectivity index (χ1n) is 5.01. The van der Waals surface area contributed by atoms with E-state index in [0.29, 0.717) is 13.1 Å². The molecule has 0 atom stereocenters. The highest BCUT2D eigenvalue weighted by atomic mass is 16.2. The number of piperazine rings is 1. The van der Waals surface area contributed by atoms with Gasteiger partial charge >= 0.3 is 0 Å². The quantitative estimate of drug-likeness (QED) is 0.655. The van der Waals surface area contributed by atoms with Gasteiger partial charge in [0.15, 0.2) is 0 Å². The number of carbonyl (C=O) groups is 1. The van der Waals surface area contributed by atoms with Crippen molar-refractivity contribution in [2.45, 2.75) is 38.8 Å². The van der Waals surface area contributed by atoms with E-state index in [9.17, 15) is 4.79 Å². The fraction of sp³-hybridized carbons (Fsp3) is 0.900. The molecule has 1 amide bonds. The third-order valence-electron chi connectivity index (χ3n) is 2.51.